The third-order valence-electron chi connectivity index (χ3n) is 1.72. The van der Waals surface area contributed by atoms with Crippen LogP contribution < -0.4 is 0 Å². The Morgan fingerprint density at radius 2 is 2.47 bits per heavy atom. The van der Waals surface area contributed by atoms with E-state index in [9.17, 15) is 0 Å². The van der Waals surface area contributed by atoms with E-state index in [0.29, 0.717) is 5.65 Å². The van der Waals surface area contributed by atoms with E-state index >= 15 is 0 Å². The maximum absolute atomic E-state index is 8.04. The maximum Gasteiger partial charge on any atom is 0.177 e. The Hall–Kier alpha value is -2.51. The molecular weight excluding hydrogens is 192 g/mol. The first-order chi connectivity index (χ1) is 7.40. The quantitative estimate of drug-likeness (QED) is 0.326. The molecule has 0 fully saturated rings. The summed E-state index contributed by atoms with van der Waals surface area (Å²) in [7, 11) is 0. The number of nitrogens with one attached hydrogen (secondary N) is 1. The van der Waals surface area contributed by atoms with Gasteiger partial charge in [-0.3, -0.25) is 0 Å². The molecule has 1 N–H and O–H groups in total. The first-order valence-electron chi connectivity index (χ1n) is 4.19. The van der Waals surface area contributed by atoms with Crippen molar-refractivity contribution in [3.8, 4) is 11.8 Å². The summed E-state index contributed by atoms with van der Waals surface area (Å²) < 4.78 is 0. The van der Waals surface area contributed by atoms with Crippen LogP contribution in [0, 0.1) is 11.8 Å². The Bertz CT molecular complexity index is 581. The van der Waals surface area contributed by atoms with Gasteiger partial charge in [0, 0.05) is 16.7 Å². The molecular formula is C9H6N6. The standard InChI is InChI=1S/C9H6N6/c10-15-14-3-1-2-7-4-8-9(11-5-7)13-6-12-8/h4-6H,3H2,(H,11,12,13). The van der Waals surface area contributed by atoms with Crippen molar-refractivity contribution in [2.24, 2.45) is 5.11 Å². The molecule has 0 unspecified atom stereocenters. The minimum absolute atomic E-state index is 0.164. The van der Waals surface area contributed by atoms with Crippen LogP contribution in [0.4, 0.5) is 0 Å². The van der Waals surface area contributed by atoms with Gasteiger partial charge in [0.25, 0.3) is 0 Å². The monoisotopic (exact) mass is 198 g/mol. The van der Waals surface area contributed by atoms with Crippen molar-refractivity contribution in [3.63, 3.8) is 0 Å². The Labute approximate surface area is 85.0 Å². The molecule has 2 heterocycles. The molecule has 2 aromatic rings. The van der Waals surface area contributed by atoms with Crippen molar-refractivity contribution in [2.75, 3.05) is 6.54 Å². The molecule has 0 atom stereocenters. The summed E-state index contributed by atoms with van der Waals surface area (Å²) in [4.78, 5) is 13.6. The van der Waals surface area contributed by atoms with Crippen LogP contribution in [-0.4, -0.2) is 21.5 Å². The van der Waals surface area contributed by atoms with E-state index < -0.39 is 0 Å². The van der Waals surface area contributed by atoms with E-state index in [0.717, 1.165) is 11.1 Å². The fraction of sp³-hybridized carbons (Fsp3) is 0.111. The first-order valence-corrected chi connectivity index (χ1v) is 4.19. The summed E-state index contributed by atoms with van der Waals surface area (Å²) in [5, 5.41) is 3.31. The summed E-state index contributed by atoms with van der Waals surface area (Å²) in [6.07, 6.45) is 3.21. The van der Waals surface area contributed by atoms with Gasteiger partial charge in [-0.1, -0.05) is 17.0 Å². The zero-order chi connectivity index (χ0) is 10.5. The van der Waals surface area contributed by atoms with Crippen molar-refractivity contribution in [1.29, 1.82) is 0 Å². The molecule has 0 bridgehead atoms. The lowest BCUT2D eigenvalue weighted by Crippen LogP contribution is -1.81. The van der Waals surface area contributed by atoms with Crippen molar-refractivity contribution >= 4 is 11.2 Å². The molecule has 6 heteroatoms. The SMILES string of the molecule is [N-]=[N+]=NCC#Cc1cnc2nc[nH]c2c1. The minimum Gasteiger partial charge on any atom is -0.343 e. The second-order valence-electron chi connectivity index (χ2n) is 2.69. The molecule has 0 aliphatic rings. The van der Waals surface area contributed by atoms with E-state index in [1.807, 2.05) is 6.07 Å². The third kappa shape index (κ3) is 2.05. The van der Waals surface area contributed by atoms with Gasteiger partial charge >= 0.3 is 0 Å². The number of fused-ring (bicyclic) bond motifs is 1. The Morgan fingerprint density at radius 1 is 1.53 bits per heavy atom. The van der Waals surface area contributed by atoms with Gasteiger partial charge in [0.2, 0.25) is 0 Å². The van der Waals surface area contributed by atoms with Crippen molar-refractivity contribution in [1.82, 2.24) is 15.0 Å². The maximum atomic E-state index is 8.04. The van der Waals surface area contributed by atoms with Gasteiger partial charge in [-0.2, -0.15) is 0 Å². The van der Waals surface area contributed by atoms with Crippen LogP contribution in [0.3, 0.4) is 0 Å². The molecule has 0 saturated heterocycles. The lowest BCUT2D eigenvalue weighted by atomic mass is 10.3. The fourth-order valence-electron chi connectivity index (χ4n) is 1.11. The van der Waals surface area contributed by atoms with Gasteiger partial charge in [0.15, 0.2) is 5.65 Å². The van der Waals surface area contributed by atoms with Gasteiger partial charge in [-0.15, -0.1) is 0 Å². The highest BCUT2D eigenvalue weighted by Crippen LogP contribution is 2.06. The number of rotatable bonds is 1. The molecule has 15 heavy (non-hydrogen) atoms. The normalized spacial score (nSPS) is 9.07. The van der Waals surface area contributed by atoms with Gasteiger partial charge in [0.1, 0.15) is 0 Å². The van der Waals surface area contributed by atoms with E-state index in [1.165, 1.54) is 0 Å². The number of aromatic nitrogens is 3. The summed E-state index contributed by atoms with van der Waals surface area (Å²) in [6, 6.07) is 1.85. The molecule has 0 aromatic carbocycles. The van der Waals surface area contributed by atoms with Crippen LogP contribution in [0.5, 0.6) is 0 Å². The summed E-state index contributed by atoms with van der Waals surface area (Å²) >= 11 is 0. The van der Waals surface area contributed by atoms with Crippen LogP contribution in [-0.2, 0) is 0 Å². The van der Waals surface area contributed by atoms with E-state index in [1.54, 1.807) is 12.5 Å². The zero-order valence-corrected chi connectivity index (χ0v) is 7.68. The molecule has 0 aliphatic heterocycles. The van der Waals surface area contributed by atoms with E-state index in [4.69, 9.17) is 5.53 Å². The predicted octanol–water partition coefficient (Wildman–Crippen LogP) is 1.62. The second kappa shape index (κ2) is 4.13. The topological polar surface area (TPSA) is 90.3 Å². The number of pyridine rings is 1. The highest BCUT2D eigenvalue weighted by atomic mass is 15.1. The second-order valence-corrected chi connectivity index (χ2v) is 2.69. The Kier molecular flexibility index (Phi) is 2.50. The van der Waals surface area contributed by atoms with Gasteiger partial charge in [-0.05, 0) is 11.6 Å². The number of hydrogen-bond donors (Lipinski definition) is 1. The average Bonchev–Trinajstić information content (AvgIpc) is 2.71. The molecule has 0 radical (unpaired) electrons. The summed E-state index contributed by atoms with van der Waals surface area (Å²) in [5.41, 5.74) is 10.3. The number of H-pyrrole nitrogens is 1. The Morgan fingerprint density at radius 3 is 3.33 bits per heavy atom. The van der Waals surface area contributed by atoms with Crippen LogP contribution in [0.2, 0.25) is 0 Å². The number of imidazole rings is 1. The van der Waals surface area contributed by atoms with Crippen LogP contribution in [0.1, 0.15) is 5.56 Å². The van der Waals surface area contributed by atoms with Crippen LogP contribution in [0.15, 0.2) is 23.7 Å². The zero-order valence-electron chi connectivity index (χ0n) is 7.68. The number of hydrogen-bond acceptors (Lipinski definition) is 3. The molecule has 0 amide bonds. The summed E-state index contributed by atoms with van der Waals surface area (Å²) in [6.45, 7) is 0.164. The van der Waals surface area contributed by atoms with Gasteiger partial charge in [0.05, 0.1) is 18.4 Å². The molecule has 0 aliphatic carbocycles. The first kappa shape index (κ1) is 9.06. The highest BCUT2D eigenvalue weighted by molar-refractivity contribution is 5.71. The third-order valence-corrected chi connectivity index (χ3v) is 1.72. The molecule has 0 spiro atoms. The van der Waals surface area contributed by atoms with Crippen molar-refractivity contribution < 1.29 is 0 Å². The molecule has 2 aromatic heterocycles. The van der Waals surface area contributed by atoms with Crippen LogP contribution >= 0.6 is 0 Å². The minimum atomic E-state index is 0.164. The lowest BCUT2D eigenvalue weighted by Gasteiger charge is -1.89. The van der Waals surface area contributed by atoms with Crippen LogP contribution in [0.25, 0.3) is 21.6 Å². The molecule has 0 saturated carbocycles. The van der Waals surface area contributed by atoms with Crippen molar-refractivity contribution in [3.05, 3.63) is 34.6 Å². The molecule has 6 nitrogen and oxygen atoms in total. The lowest BCUT2D eigenvalue weighted by molar-refractivity contribution is 1.25. The van der Waals surface area contributed by atoms with Gasteiger partial charge in [-0.25, -0.2) is 9.97 Å². The summed E-state index contributed by atoms with van der Waals surface area (Å²) in [5.74, 6) is 5.55. The fourth-order valence-corrected chi connectivity index (χ4v) is 1.11. The number of azide groups is 1. The van der Waals surface area contributed by atoms with Crippen molar-refractivity contribution in [2.45, 2.75) is 0 Å². The number of nitrogens with zero attached hydrogens (tertiary/aromatic N) is 5. The average molecular weight is 198 g/mol. The molecule has 2 rings (SSSR count). The molecule has 72 valence electrons. The highest BCUT2D eigenvalue weighted by Gasteiger charge is 1.96. The predicted molar refractivity (Wildman–Crippen MR) is 54.8 cm³/mol. The Balaban J connectivity index is 2.26. The number of aromatic amines is 1. The van der Waals surface area contributed by atoms with Gasteiger partial charge < -0.3 is 4.98 Å². The van der Waals surface area contributed by atoms with E-state index in [-0.39, 0.29) is 6.54 Å². The largest absolute Gasteiger partial charge is 0.343 e. The van der Waals surface area contributed by atoms with E-state index in [2.05, 4.69) is 36.8 Å². The smallest absolute Gasteiger partial charge is 0.177 e.